The number of hydrogen-bond acceptors (Lipinski definition) is 4. The molecule has 0 rings (SSSR count). The quantitative estimate of drug-likeness (QED) is 0.176. The van der Waals surface area contributed by atoms with Gasteiger partial charge in [-0.3, -0.25) is 9.59 Å². The van der Waals surface area contributed by atoms with Gasteiger partial charge in [-0.1, -0.05) is 79.1 Å². The van der Waals surface area contributed by atoms with Crippen LogP contribution in [0.2, 0.25) is 0 Å². The van der Waals surface area contributed by atoms with Gasteiger partial charge in [-0.2, -0.15) is 0 Å². The summed E-state index contributed by atoms with van der Waals surface area (Å²) in [5.74, 6) is 1.34. The summed E-state index contributed by atoms with van der Waals surface area (Å²) in [6.45, 7) is 10.1. The molecule has 0 amide bonds. The summed E-state index contributed by atoms with van der Waals surface area (Å²) < 4.78 is 10.5. The Bertz CT molecular complexity index is 341. The summed E-state index contributed by atoms with van der Waals surface area (Å²) >= 11 is 0. The van der Waals surface area contributed by atoms with Crippen LogP contribution in [0, 0.1) is 11.8 Å². The highest BCUT2D eigenvalue weighted by Gasteiger charge is 2.05. The van der Waals surface area contributed by atoms with Crippen molar-refractivity contribution in [3.63, 3.8) is 0 Å². The Balaban J connectivity index is 3.32. The monoisotopic (exact) mass is 398 g/mol. The number of rotatable bonds is 19. The van der Waals surface area contributed by atoms with Gasteiger partial charge in [-0.05, 0) is 37.5 Å². The molecule has 0 aliphatic carbocycles. The highest BCUT2D eigenvalue weighted by molar-refractivity contribution is 5.69. The van der Waals surface area contributed by atoms with Gasteiger partial charge in [0, 0.05) is 12.8 Å². The van der Waals surface area contributed by atoms with Gasteiger partial charge in [0.1, 0.15) is 0 Å². The fraction of sp³-hybridized carbons (Fsp3) is 0.917. The number of carbonyl (C=O) groups is 2. The summed E-state index contributed by atoms with van der Waals surface area (Å²) in [6, 6.07) is 0. The maximum atomic E-state index is 11.7. The Morgan fingerprint density at radius 1 is 0.536 bits per heavy atom. The van der Waals surface area contributed by atoms with Crippen LogP contribution in [0.1, 0.15) is 118 Å². The average Bonchev–Trinajstić information content (AvgIpc) is 2.63. The number of ether oxygens (including phenoxy) is 2. The van der Waals surface area contributed by atoms with Crippen LogP contribution < -0.4 is 0 Å². The number of carbonyl (C=O) groups excluding carboxylic acids is 2. The van der Waals surface area contributed by atoms with Gasteiger partial charge >= 0.3 is 11.9 Å². The minimum absolute atomic E-state index is 0.0827. The lowest BCUT2D eigenvalue weighted by atomic mass is 10.1. The van der Waals surface area contributed by atoms with Crippen molar-refractivity contribution in [2.45, 2.75) is 118 Å². The van der Waals surface area contributed by atoms with E-state index >= 15 is 0 Å². The zero-order valence-electron chi connectivity index (χ0n) is 19.1. The molecule has 0 radical (unpaired) electrons. The van der Waals surface area contributed by atoms with Crippen LogP contribution in [0.5, 0.6) is 0 Å². The van der Waals surface area contributed by atoms with Gasteiger partial charge in [0.25, 0.3) is 0 Å². The topological polar surface area (TPSA) is 52.6 Å². The maximum Gasteiger partial charge on any atom is 0.305 e. The second kappa shape index (κ2) is 19.3. The molecule has 166 valence electrons. The summed E-state index contributed by atoms with van der Waals surface area (Å²) in [7, 11) is 0. The van der Waals surface area contributed by atoms with E-state index in [0.29, 0.717) is 26.1 Å². The van der Waals surface area contributed by atoms with Crippen LogP contribution in [-0.2, 0) is 19.1 Å². The van der Waals surface area contributed by atoms with Gasteiger partial charge in [-0.15, -0.1) is 0 Å². The largest absolute Gasteiger partial charge is 0.466 e. The van der Waals surface area contributed by atoms with Gasteiger partial charge in [0.15, 0.2) is 0 Å². The van der Waals surface area contributed by atoms with E-state index < -0.39 is 0 Å². The molecule has 0 saturated carbocycles. The van der Waals surface area contributed by atoms with E-state index in [4.69, 9.17) is 9.47 Å². The minimum Gasteiger partial charge on any atom is -0.466 e. The predicted octanol–water partition coefficient (Wildman–Crippen LogP) is 6.85. The van der Waals surface area contributed by atoms with E-state index in [-0.39, 0.29) is 11.9 Å². The zero-order valence-corrected chi connectivity index (χ0v) is 19.1. The van der Waals surface area contributed by atoms with E-state index in [1.807, 2.05) is 0 Å². The Morgan fingerprint density at radius 3 is 1.25 bits per heavy atom. The second-order valence-electron chi connectivity index (χ2n) is 8.84. The van der Waals surface area contributed by atoms with Crippen LogP contribution in [0.25, 0.3) is 0 Å². The lowest BCUT2D eigenvalue weighted by Gasteiger charge is -2.07. The normalized spacial score (nSPS) is 11.2. The van der Waals surface area contributed by atoms with E-state index in [1.165, 1.54) is 25.7 Å². The molecule has 0 heterocycles. The molecule has 0 aliphatic heterocycles. The molecule has 0 spiro atoms. The maximum absolute atomic E-state index is 11.7. The third-order valence-corrected chi connectivity index (χ3v) is 4.89. The zero-order chi connectivity index (χ0) is 21.0. The Kier molecular flexibility index (Phi) is 18.5. The standard InChI is InChI=1S/C24H46O4/c1-21(2)15-9-7-13-19-27-23(25)17-11-5-6-12-18-24(26)28-20-14-8-10-16-22(3)4/h21-22H,5-20H2,1-4H3. The highest BCUT2D eigenvalue weighted by Crippen LogP contribution is 2.11. The second-order valence-corrected chi connectivity index (χ2v) is 8.84. The minimum atomic E-state index is -0.0827. The van der Waals surface area contributed by atoms with Gasteiger partial charge < -0.3 is 9.47 Å². The van der Waals surface area contributed by atoms with Crippen molar-refractivity contribution in [1.29, 1.82) is 0 Å². The Labute approximate surface area is 174 Å². The third-order valence-electron chi connectivity index (χ3n) is 4.89. The molecule has 0 bridgehead atoms. The van der Waals surface area contributed by atoms with E-state index in [1.54, 1.807) is 0 Å². The number of esters is 2. The molecule has 0 unspecified atom stereocenters. The molecule has 0 aliphatic rings. The van der Waals surface area contributed by atoms with Crippen molar-refractivity contribution in [2.24, 2.45) is 11.8 Å². The van der Waals surface area contributed by atoms with Crippen molar-refractivity contribution >= 4 is 11.9 Å². The summed E-state index contributed by atoms with van der Waals surface area (Å²) in [6.07, 6.45) is 13.8. The lowest BCUT2D eigenvalue weighted by Crippen LogP contribution is -2.06. The van der Waals surface area contributed by atoms with Gasteiger partial charge in [-0.25, -0.2) is 0 Å². The first-order chi connectivity index (χ1) is 13.4. The summed E-state index contributed by atoms with van der Waals surface area (Å²) in [5.41, 5.74) is 0. The van der Waals surface area contributed by atoms with Crippen molar-refractivity contribution in [2.75, 3.05) is 13.2 Å². The fourth-order valence-corrected chi connectivity index (χ4v) is 3.07. The molecule has 0 fully saturated rings. The van der Waals surface area contributed by atoms with Crippen molar-refractivity contribution in [1.82, 2.24) is 0 Å². The Morgan fingerprint density at radius 2 is 0.893 bits per heavy atom. The molecule has 0 aromatic heterocycles. The van der Waals surface area contributed by atoms with E-state index in [2.05, 4.69) is 27.7 Å². The molecule has 0 N–H and O–H groups in total. The van der Waals surface area contributed by atoms with E-state index in [0.717, 1.165) is 63.2 Å². The first-order valence-electron chi connectivity index (χ1n) is 11.7. The SMILES string of the molecule is CC(C)CCCCCOC(=O)CCCCCCC(=O)OCCCCCC(C)C. The molecular weight excluding hydrogens is 352 g/mol. The van der Waals surface area contributed by atoms with Crippen molar-refractivity contribution < 1.29 is 19.1 Å². The predicted molar refractivity (Wildman–Crippen MR) is 116 cm³/mol. The van der Waals surface area contributed by atoms with Crippen molar-refractivity contribution in [3.05, 3.63) is 0 Å². The van der Waals surface area contributed by atoms with Crippen LogP contribution in [0.3, 0.4) is 0 Å². The summed E-state index contributed by atoms with van der Waals surface area (Å²) in [5, 5.41) is 0. The number of unbranched alkanes of at least 4 members (excludes halogenated alkanes) is 7. The first-order valence-corrected chi connectivity index (χ1v) is 11.7. The van der Waals surface area contributed by atoms with Crippen LogP contribution in [0.15, 0.2) is 0 Å². The average molecular weight is 399 g/mol. The third kappa shape index (κ3) is 21.2. The van der Waals surface area contributed by atoms with Gasteiger partial charge in [0.05, 0.1) is 13.2 Å². The van der Waals surface area contributed by atoms with Gasteiger partial charge in [0.2, 0.25) is 0 Å². The molecule has 4 nitrogen and oxygen atoms in total. The summed E-state index contributed by atoms with van der Waals surface area (Å²) in [4.78, 5) is 23.3. The number of hydrogen-bond donors (Lipinski definition) is 0. The molecule has 0 aromatic carbocycles. The molecule has 4 heteroatoms. The Hall–Kier alpha value is -1.06. The first kappa shape index (κ1) is 26.9. The van der Waals surface area contributed by atoms with E-state index in [9.17, 15) is 9.59 Å². The van der Waals surface area contributed by atoms with Crippen LogP contribution >= 0.6 is 0 Å². The van der Waals surface area contributed by atoms with Crippen LogP contribution in [0.4, 0.5) is 0 Å². The molecule has 0 aromatic rings. The smallest absolute Gasteiger partial charge is 0.305 e. The molecule has 28 heavy (non-hydrogen) atoms. The van der Waals surface area contributed by atoms with Crippen LogP contribution in [-0.4, -0.2) is 25.2 Å². The highest BCUT2D eigenvalue weighted by atomic mass is 16.5. The molecule has 0 atom stereocenters. The molecular formula is C24H46O4. The van der Waals surface area contributed by atoms with Crippen molar-refractivity contribution in [3.8, 4) is 0 Å². The molecule has 0 saturated heterocycles. The fourth-order valence-electron chi connectivity index (χ4n) is 3.07. The lowest BCUT2D eigenvalue weighted by molar-refractivity contribution is -0.145.